The number of nitrogens with zero attached hydrogens (tertiary/aromatic N) is 5. The number of halogens is 3. The van der Waals surface area contributed by atoms with Gasteiger partial charge in [-0.15, -0.1) is 21.5 Å². The third-order valence-electron chi connectivity index (χ3n) is 9.70. The number of aromatic nitrogens is 3. The Labute approximate surface area is 229 Å². The molecule has 0 bridgehead atoms. The number of carbonyl (C=O) groups is 1. The summed E-state index contributed by atoms with van der Waals surface area (Å²) in [6.45, 7) is 4.27. The minimum atomic E-state index is -4.52. The van der Waals surface area contributed by atoms with E-state index < -0.39 is 11.7 Å². The highest BCUT2D eigenvalue weighted by atomic mass is 32.1. The SMILES string of the molecule is C[C@H]1CCCN(Cc2cc3c(c(C(F)(F)F)c2)CN(c2csc(C4(c5nncn5C)CCC45CC5)c2)C3=O)C1. The molecule has 0 N–H and O–H groups in total. The molecule has 2 aliphatic carbocycles. The van der Waals surface area contributed by atoms with Gasteiger partial charge < -0.3 is 9.47 Å². The Kier molecular flexibility index (Phi) is 5.59. The third-order valence-corrected chi connectivity index (χ3v) is 10.8. The van der Waals surface area contributed by atoms with Crippen LogP contribution in [0.3, 0.4) is 0 Å². The smallest absolute Gasteiger partial charge is 0.320 e. The standard InChI is InChI=1S/C29H32F3N5OS/c1-18-4-3-9-36(13-18)14-19-10-21-22(23(11-19)29(30,31)32)15-37(25(21)38)20-12-24(39-16-20)28(8-7-27(28)5-6-27)26-34-33-17-35(26)2/h10-12,16-18H,3-9,13-15H2,1-2H3/t18-,28?/m0/s1. The fraction of sp³-hybridized carbons (Fsp3) is 0.552. The van der Waals surface area contributed by atoms with E-state index >= 15 is 0 Å². The molecular formula is C29H32F3N5OS. The molecule has 10 heteroatoms. The Balaban J connectivity index is 1.22. The Morgan fingerprint density at radius 3 is 2.59 bits per heavy atom. The van der Waals surface area contributed by atoms with Gasteiger partial charge in [0.2, 0.25) is 0 Å². The van der Waals surface area contributed by atoms with Crippen LogP contribution in [0.15, 0.2) is 29.9 Å². The molecule has 1 amide bonds. The molecule has 1 spiro atoms. The first-order valence-electron chi connectivity index (χ1n) is 13.8. The van der Waals surface area contributed by atoms with Crippen LogP contribution in [0.5, 0.6) is 0 Å². The molecule has 1 aromatic carbocycles. The molecule has 0 radical (unpaired) electrons. The summed E-state index contributed by atoms with van der Waals surface area (Å²) in [5, 5.41) is 10.6. The minimum absolute atomic E-state index is 0.0671. The van der Waals surface area contributed by atoms with Crippen molar-refractivity contribution >= 4 is 22.9 Å². The highest BCUT2D eigenvalue weighted by Crippen LogP contribution is 2.74. The van der Waals surface area contributed by atoms with Crippen molar-refractivity contribution < 1.29 is 18.0 Å². The normalized spacial score (nSPS) is 26.2. The second kappa shape index (κ2) is 8.64. The van der Waals surface area contributed by atoms with E-state index in [1.165, 1.54) is 11.0 Å². The molecule has 4 aliphatic rings. The average molecular weight is 556 g/mol. The maximum absolute atomic E-state index is 14.3. The van der Waals surface area contributed by atoms with Gasteiger partial charge in [-0.3, -0.25) is 9.69 Å². The summed E-state index contributed by atoms with van der Waals surface area (Å²) >= 11 is 1.58. The molecule has 2 atom stereocenters. The van der Waals surface area contributed by atoms with E-state index in [1.54, 1.807) is 23.7 Å². The van der Waals surface area contributed by atoms with E-state index in [0.717, 1.165) is 62.3 Å². The van der Waals surface area contributed by atoms with E-state index in [4.69, 9.17) is 0 Å². The summed E-state index contributed by atoms with van der Waals surface area (Å²) in [7, 11) is 1.96. The molecule has 2 aromatic heterocycles. The van der Waals surface area contributed by atoms with Crippen LogP contribution in [0.25, 0.3) is 0 Å². The van der Waals surface area contributed by atoms with E-state index in [0.29, 0.717) is 23.7 Å². The Morgan fingerprint density at radius 1 is 1.15 bits per heavy atom. The first-order valence-corrected chi connectivity index (χ1v) is 14.7. The largest absolute Gasteiger partial charge is 0.416 e. The van der Waals surface area contributed by atoms with Crippen LogP contribution < -0.4 is 4.90 Å². The number of carbonyl (C=O) groups excluding carboxylic acids is 1. The van der Waals surface area contributed by atoms with Crippen molar-refractivity contribution in [2.75, 3.05) is 18.0 Å². The quantitative estimate of drug-likeness (QED) is 0.379. The third kappa shape index (κ3) is 3.81. The van der Waals surface area contributed by atoms with E-state index in [9.17, 15) is 18.0 Å². The molecule has 1 unspecified atom stereocenters. The molecule has 2 aliphatic heterocycles. The second-order valence-corrected chi connectivity index (χ2v) is 13.1. The van der Waals surface area contributed by atoms with Crippen molar-refractivity contribution in [3.8, 4) is 0 Å². The predicted molar refractivity (Wildman–Crippen MR) is 143 cm³/mol. The van der Waals surface area contributed by atoms with Gasteiger partial charge in [0.05, 0.1) is 23.2 Å². The number of benzene rings is 1. The van der Waals surface area contributed by atoms with Gasteiger partial charge in [0, 0.05) is 36.0 Å². The van der Waals surface area contributed by atoms with Crippen LogP contribution in [-0.2, 0) is 31.7 Å². The topological polar surface area (TPSA) is 54.3 Å². The van der Waals surface area contributed by atoms with E-state index in [-0.39, 0.29) is 34.4 Å². The van der Waals surface area contributed by atoms with Crippen molar-refractivity contribution in [2.45, 2.75) is 70.1 Å². The number of thiophene rings is 1. The molecule has 2 saturated carbocycles. The summed E-state index contributed by atoms with van der Waals surface area (Å²) in [4.78, 5) is 18.5. The van der Waals surface area contributed by atoms with Gasteiger partial charge in [-0.25, -0.2) is 0 Å². The van der Waals surface area contributed by atoms with Crippen molar-refractivity contribution in [1.82, 2.24) is 19.7 Å². The van der Waals surface area contributed by atoms with Crippen molar-refractivity contribution in [3.05, 3.63) is 62.9 Å². The summed E-state index contributed by atoms with van der Waals surface area (Å²) < 4.78 is 44.8. The molecule has 39 heavy (non-hydrogen) atoms. The number of hydrogen-bond acceptors (Lipinski definition) is 5. The van der Waals surface area contributed by atoms with Gasteiger partial charge in [-0.05, 0) is 85.7 Å². The number of anilines is 1. The summed E-state index contributed by atoms with van der Waals surface area (Å²) in [6, 6.07) is 4.99. The van der Waals surface area contributed by atoms with Gasteiger partial charge in [-0.1, -0.05) is 6.92 Å². The Morgan fingerprint density at radius 2 is 1.95 bits per heavy atom. The van der Waals surface area contributed by atoms with Crippen LogP contribution in [-0.4, -0.2) is 38.7 Å². The number of piperidine rings is 1. The monoisotopic (exact) mass is 555 g/mol. The maximum Gasteiger partial charge on any atom is 0.416 e. The molecule has 3 fully saturated rings. The van der Waals surface area contributed by atoms with Crippen molar-refractivity contribution in [1.29, 1.82) is 0 Å². The zero-order valence-corrected chi connectivity index (χ0v) is 23.0. The molecule has 7 rings (SSSR count). The zero-order chi connectivity index (χ0) is 27.2. The predicted octanol–water partition coefficient (Wildman–Crippen LogP) is 6.15. The number of amides is 1. The highest BCUT2D eigenvalue weighted by Gasteiger charge is 2.69. The lowest BCUT2D eigenvalue weighted by atomic mass is 9.55. The van der Waals surface area contributed by atoms with Crippen LogP contribution in [0.4, 0.5) is 18.9 Å². The highest BCUT2D eigenvalue weighted by molar-refractivity contribution is 7.10. The second-order valence-electron chi connectivity index (χ2n) is 12.2. The van der Waals surface area contributed by atoms with E-state index in [2.05, 4.69) is 22.0 Å². The lowest BCUT2D eigenvalue weighted by Gasteiger charge is -2.49. The number of alkyl halides is 3. The number of fused-ring (bicyclic) bond motifs is 1. The zero-order valence-electron chi connectivity index (χ0n) is 22.2. The molecule has 3 aromatic rings. The fourth-order valence-electron chi connectivity index (χ4n) is 7.47. The molecule has 206 valence electrons. The van der Waals surface area contributed by atoms with Gasteiger partial charge in [0.1, 0.15) is 12.2 Å². The van der Waals surface area contributed by atoms with Crippen LogP contribution in [0, 0.1) is 11.3 Å². The van der Waals surface area contributed by atoms with Gasteiger partial charge in [0.25, 0.3) is 5.91 Å². The maximum atomic E-state index is 14.3. The Bertz CT molecular complexity index is 1460. The number of likely N-dealkylation sites (tertiary alicyclic amines) is 1. The number of hydrogen-bond donors (Lipinski definition) is 0. The fourth-order valence-corrected chi connectivity index (χ4v) is 8.71. The molecule has 1 saturated heterocycles. The van der Waals surface area contributed by atoms with Crippen LogP contribution in [0.2, 0.25) is 0 Å². The summed E-state index contributed by atoms with van der Waals surface area (Å²) in [5.41, 5.74) is 0.745. The minimum Gasteiger partial charge on any atom is -0.320 e. The van der Waals surface area contributed by atoms with E-state index in [1.807, 2.05) is 23.1 Å². The summed E-state index contributed by atoms with van der Waals surface area (Å²) in [6.07, 6.45) is 3.75. The first kappa shape index (κ1) is 25.3. The Hall–Kier alpha value is -2.72. The summed E-state index contributed by atoms with van der Waals surface area (Å²) in [5.74, 6) is 1.11. The average Bonchev–Trinajstić information content (AvgIpc) is 3.25. The van der Waals surface area contributed by atoms with Crippen LogP contribution in [0.1, 0.15) is 83.2 Å². The van der Waals surface area contributed by atoms with Gasteiger partial charge in [0.15, 0.2) is 0 Å². The first-order chi connectivity index (χ1) is 18.6. The van der Waals surface area contributed by atoms with Gasteiger partial charge >= 0.3 is 6.18 Å². The lowest BCUT2D eigenvalue weighted by molar-refractivity contribution is -0.138. The molecule has 6 nitrogen and oxygen atoms in total. The number of rotatable bonds is 5. The number of aryl methyl sites for hydroxylation is 1. The molecule has 4 heterocycles. The van der Waals surface area contributed by atoms with Gasteiger partial charge in [-0.2, -0.15) is 13.2 Å². The van der Waals surface area contributed by atoms with Crippen LogP contribution >= 0.6 is 11.3 Å². The molecular weight excluding hydrogens is 523 g/mol. The van der Waals surface area contributed by atoms with Crippen molar-refractivity contribution in [2.24, 2.45) is 18.4 Å². The van der Waals surface area contributed by atoms with Crippen molar-refractivity contribution in [3.63, 3.8) is 0 Å². The lowest BCUT2D eigenvalue weighted by Crippen LogP contribution is -2.48.